The zero-order valence-electron chi connectivity index (χ0n) is 16.9. The predicted octanol–water partition coefficient (Wildman–Crippen LogP) is -2.10. The zero-order valence-corrected chi connectivity index (χ0v) is 16.9. The monoisotopic (exact) mass is 417 g/mol. The maximum Gasteiger partial charge on any atom is 0.320 e. The molecular weight excluding hydrogens is 386 g/mol. The molecule has 1 saturated heterocycles. The first-order valence-electron chi connectivity index (χ1n) is 9.40. The number of aliphatic carboxylic acids is 3. The molecule has 0 spiro atoms. The summed E-state index contributed by atoms with van der Waals surface area (Å²) >= 11 is 0. The molecule has 1 atom stereocenters. The highest BCUT2D eigenvalue weighted by Crippen LogP contribution is 2.11. The van der Waals surface area contributed by atoms with E-state index in [0.29, 0.717) is 39.3 Å². The highest BCUT2D eigenvalue weighted by Gasteiger charge is 2.28. The Morgan fingerprint density at radius 2 is 1.31 bits per heavy atom. The zero-order chi connectivity index (χ0) is 22.0. The first kappa shape index (κ1) is 24.8. The minimum atomic E-state index is -1.07. The van der Waals surface area contributed by atoms with Crippen molar-refractivity contribution >= 4 is 23.8 Å². The van der Waals surface area contributed by atoms with Crippen LogP contribution in [-0.4, -0.2) is 131 Å². The Labute approximate surface area is 169 Å². The molecule has 0 aromatic heterocycles. The number of rotatable bonds is 10. The van der Waals surface area contributed by atoms with Gasteiger partial charge in [0.15, 0.2) is 0 Å². The van der Waals surface area contributed by atoms with Gasteiger partial charge in [-0.25, -0.2) is 5.01 Å². The van der Waals surface area contributed by atoms with Gasteiger partial charge in [0.1, 0.15) is 6.04 Å². The average molecular weight is 417 g/mol. The number of nitrogens with one attached hydrogen (secondary N) is 1. The number of carboxylic acid groups (broad SMARTS) is 3. The van der Waals surface area contributed by atoms with Gasteiger partial charge in [-0.15, -0.1) is 0 Å². The third-order valence-electron chi connectivity index (χ3n) is 4.58. The maximum atomic E-state index is 11.9. The van der Waals surface area contributed by atoms with Crippen molar-refractivity contribution in [1.29, 1.82) is 0 Å². The van der Waals surface area contributed by atoms with E-state index in [4.69, 9.17) is 10.2 Å². The Morgan fingerprint density at radius 3 is 1.69 bits per heavy atom. The largest absolute Gasteiger partial charge is 0.480 e. The Bertz CT molecular complexity index is 559. The van der Waals surface area contributed by atoms with Crippen molar-refractivity contribution in [2.75, 3.05) is 66.5 Å². The SMILES string of the molecule is CN(C)NC(=O)CCC(C(=O)O)N1CCN(CC(=O)O)CCN(CC(=O)O)CC1. The molecule has 0 aromatic rings. The van der Waals surface area contributed by atoms with E-state index < -0.39 is 23.9 Å². The lowest BCUT2D eigenvalue weighted by Crippen LogP contribution is -2.47. The predicted molar refractivity (Wildman–Crippen MR) is 102 cm³/mol. The molecule has 29 heavy (non-hydrogen) atoms. The second-order valence-corrected chi connectivity index (χ2v) is 7.20. The summed E-state index contributed by atoms with van der Waals surface area (Å²) in [6.45, 7) is 1.60. The number of carboxylic acids is 3. The van der Waals surface area contributed by atoms with E-state index >= 15 is 0 Å². The molecule has 1 aliphatic rings. The van der Waals surface area contributed by atoms with Gasteiger partial charge in [0.25, 0.3) is 0 Å². The lowest BCUT2D eigenvalue weighted by molar-refractivity contribution is -0.145. The first-order chi connectivity index (χ1) is 13.6. The van der Waals surface area contributed by atoms with Crippen LogP contribution in [0.2, 0.25) is 0 Å². The highest BCUT2D eigenvalue weighted by atomic mass is 16.4. The van der Waals surface area contributed by atoms with Crippen molar-refractivity contribution in [2.24, 2.45) is 0 Å². The molecule has 1 rings (SSSR count). The van der Waals surface area contributed by atoms with E-state index in [-0.39, 0.29) is 31.8 Å². The number of carbonyl (C=O) groups excluding carboxylic acids is 1. The Morgan fingerprint density at radius 1 is 0.862 bits per heavy atom. The molecule has 12 heteroatoms. The molecule has 1 heterocycles. The molecule has 1 amide bonds. The molecule has 1 fully saturated rings. The quantitative estimate of drug-likeness (QED) is 0.289. The summed E-state index contributed by atoms with van der Waals surface area (Å²) in [7, 11) is 3.31. The number of nitrogens with zero attached hydrogens (tertiary/aromatic N) is 4. The lowest BCUT2D eigenvalue weighted by Gasteiger charge is -2.30. The van der Waals surface area contributed by atoms with E-state index in [1.54, 1.807) is 28.8 Å². The first-order valence-corrected chi connectivity index (χ1v) is 9.40. The third kappa shape index (κ3) is 10.2. The lowest BCUT2D eigenvalue weighted by atomic mass is 10.1. The van der Waals surface area contributed by atoms with Crippen molar-refractivity contribution < 1.29 is 34.5 Å². The van der Waals surface area contributed by atoms with Crippen molar-refractivity contribution in [2.45, 2.75) is 18.9 Å². The highest BCUT2D eigenvalue weighted by molar-refractivity contribution is 5.78. The van der Waals surface area contributed by atoms with Gasteiger partial charge in [-0.1, -0.05) is 0 Å². The third-order valence-corrected chi connectivity index (χ3v) is 4.58. The van der Waals surface area contributed by atoms with Crippen LogP contribution in [0, 0.1) is 0 Å². The van der Waals surface area contributed by atoms with Crippen LogP contribution in [0.15, 0.2) is 0 Å². The molecule has 0 aromatic carbocycles. The summed E-state index contributed by atoms with van der Waals surface area (Å²) in [4.78, 5) is 50.9. The van der Waals surface area contributed by atoms with Gasteiger partial charge in [0, 0.05) is 59.8 Å². The van der Waals surface area contributed by atoms with E-state index in [9.17, 15) is 24.3 Å². The van der Waals surface area contributed by atoms with Crippen molar-refractivity contribution in [3.63, 3.8) is 0 Å². The van der Waals surface area contributed by atoms with E-state index in [1.165, 1.54) is 5.01 Å². The summed E-state index contributed by atoms with van der Waals surface area (Å²) in [5, 5.41) is 29.3. The fourth-order valence-corrected chi connectivity index (χ4v) is 3.20. The van der Waals surface area contributed by atoms with Crippen LogP contribution in [0.25, 0.3) is 0 Å². The Balaban J connectivity index is 2.88. The average Bonchev–Trinajstić information content (AvgIpc) is 2.66. The smallest absolute Gasteiger partial charge is 0.320 e. The van der Waals surface area contributed by atoms with Crippen LogP contribution in [0.1, 0.15) is 12.8 Å². The number of hydrogen-bond acceptors (Lipinski definition) is 8. The van der Waals surface area contributed by atoms with Crippen LogP contribution in [-0.2, 0) is 19.2 Å². The second-order valence-electron chi connectivity index (χ2n) is 7.20. The molecule has 166 valence electrons. The van der Waals surface area contributed by atoms with E-state index in [0.717, 1.165) is 0 Å². The van der Waals surface area contributed by atoms with Crippen molar-refractivity contribution in [3.05, 3.63) is 0 Å². The maximum absolute atomic E-state index is 11.9. The summed E-state index contributed by atoms with van der Waals surface area (Å²) in [6, 6.07) is -0.931. The molecule has 12 nitrogen and oxygen atoms in total. The van der Waals surface area contributed by atoms with Gasteiger partial charge in [0.05, 0.1) is 13.1 Å². The second kappa shape index (κ2) is 12.3. The van der Waals surface area contributed by atoms with Gasteiger partial charge < -0.3 is 15.3 Å². The van der Waals surface area contributed by atoms with Gasteiger partial charge >= 0.3 is 17.9 Å². The van der Waals surface area contributed by atoms with Crippen LogP contribution in [0.5, 0.6) is 0 Å². The Hall–Kier alpha value is -2.28. The molecule has 0 bridgehead atoms. The summed E-state index contributed by atoms with van der Waals surface area (Å²) in [5.74, 6) is -3.38. The van der Waals surface area contributed by atoms with Crippen LogP contribution in [0.3, 0.4) is 0 Å². The fraction of sp³-hybridized carbons (Fsp3) is 0.765. The van der Waals surface area contributed by atoms with Crippen molar-refractivity contribution in [3.8, 4) is 0 Å². The number of hydrogen-bond donors (Lipinski definition) is 4. The summed E-state index contributed by atoms with van der Waals surface area (Å²) in [6.07, 6.45) is 0.107. The minimum absolute atomic E-state index is 0.0172. The topological polar surface area (TPSA) is 154 Å². The van der Waals surface area contributed by atoms with Gasteiger partial charge in [-0.2, -0.15) is 0 Å². The molecule has 1 aliphatic heterocycles. The number of carbonyl (C=O) groups is 4. The molecule has 1 unspecified atom stereocenters. The van der Waals surface area contributed by atoms with Crippen LogP contribution in [0.4, 0.5) is 0 Å². The van der Waals surface area contributed by atoms with Gasteiger partial charge in [-0.3, -0.25) is 39.3 Å². The minimum Gasteiger partial charge on any atom is -0.480 e. The van der Waals surface area contributed by atoms with E-state index in [2.05, 4.69) is 5.43 Å². The van der Waals surface area contributed by atoms with Gasteiger partial charge in [-0.05, 0) is 6.42 Å². The normalized spacial score (nSPS) is 18.4. The Kier molecular flexibility index (Phi) is 10.5. The molecule has 0 saturated carbocycles. The molecule has 0 radical (unpaired) electrons. The van der Waals surface area contributed by atoms with E-state index in [1.807, 2.05) is 0 Å². The van der Waals surface area contributed by atoms with Gasteiger partial charge in [0.2, 0.25) is 5.91 Å². The molecular formula is C17H31N5O7. The van der Waals surface area contributed by atoms with Crippen molar-refractivity contribution in [1.82, 2.24) is 25.1 Å². The molecule has 0 aliphatic carbocycles. The molecule has 4 N–H and O–H groups in total. The van der Waals surface area contributed by atoms with Crippen LogP contribution >= 0.6 is 0 Å². The summed E-state index contributed by atoms with van der Waals surface area (Å²) < 4.78 is 0. The summed E-state index contributed by atoms with van der Waals surface area (Å²) in [5.41, 5.74) is 2.57. The standard InChI is InChI=1S/C17H31N5O7/c1-19(2)18-14(23)4-3-13(17(28)29)22-9-7-20(11-15(24)25)5-6-21(8-10-22)12-16(26)27/h13H,3-12H2,1-2H3,(H,18,23)(H,24,25)(H,26,27)(H,28,29). The number of hydrazine groups is 1. The fourth-order valence-electron chi connectivity index (χ4n) is 3.20. The van der Waals surface area contributed by atoms with Crippen LogP contribution < -0.4 is 5.43 Å². The number of amides is 1.